The van der Waals surface area contributed by atoms with Crippen LogP contribution in [0.3, 0.4) is 0 Å². The van der Waals surface area contributed by atoms with Crippen LogP contribution in [0.15, 0.2) is 0 Å². The molecule has 0 spiro atoms. The average molecular weight is 705 g/mol. The smallest absolute Gasteiger partial charge is 0.212 e. The molecule has 0 N–H and O–H groups in total. The molecule has 1 atom stereocenters. The van der Waals surface area contributed by atoms with Crippen molar-refractivity contribution in [3.05, 3.63) is 0 Å². The molecule has 28 heteroatoms. The lowest BCUT2D eigenvalue weighted by molar-refractivity contribution is -0.471. The quantitative estimate of drug-likeness (QED) is 0.157. The van der Waals surface area contributed by atoms with Crippen LogP contribution in [-0.2, 0) is 0 Å². The van der Waals surface area contributed by atoms with Gasteiger partial charge in [-0.15, -0.1) is 0 Å². The van der Waals surface area contributed by atoms with Crippen LogP contribution in [0.25, 0.3) is 0 Å². The topological polar surface area (TPSA) is 0 Å². The lowest BCUT2D eigenvalue weighted by atomic mass is 9.85. The van der Waals surface area contributed by atoms with Crippen LogP contribution < -0.4 is 0 Å². The molecule has 248 valence electrons. The predicted molar refractivity (Wildman–Crippen MR) is 71.3 cm³/mol. The Kier molecular flexibility index (Phi) is 8.84. The number of rotatable bonds is 10. The fourth-order valence-corrected chi connectivity index (χ4v) is 2.37. The van der Waals surface area contributed by atoms with Gasteiger partial charge < -0.3 is 0 Å². The predicted octanol–water partition coefficient (Wildman–Crippen LogP) is 9.37. The minimum Gasteiger partial charge on any atom is -0.212 e. The van der Waals surface area contributed by atoms with Crippen LogP contribution in [0.2, 0.25) is 0 Å². The van der Waals surface area contributed by atoms with Crippen LogP contribution in [-0.4, -0.2) is 76.7 Å². The Morgan fingerprint density at radius 2 is 0.317 bits per heavy atom. The van der Waals surface area contributed by atoms with E-state index in [1.54, 1.807) is 0 Å². The molecule has 1 unspecified atom stereocenters. The first-order valence-electron chi connectivity index (χ1n) is 8.29. The van der Waals surface area contributed by atoms with E-state index in [2.05, 4.69) is 11.6 Å². The van der Waals surface area contributed by atoms with E-state index in [0.29, 0.717) is 0 Å². The Bertz CT molecular complexity index is 885. The van der Waals surface area contributed by atoms with Crippen molar-refractivity contribution in [2.45, 2.75) is 76.7 Å². The number of hydrogen-bond donors (Lipinski definition) is 0. The third-order valence-corrected chi connectivity index (χ3v) is 5.13. The second kappa shape index (κ2) is 9.20. The fourth-order valence-electron chi connectivity index (χ4n) is 2.13. The van der Waals surface area contributed by atoms with Gasteiger partial charge >= 0.3 is 76.7 Å². The molecule has 0 nitrogen and oxygen atoms in total. The first-order chi connectivity index (χ1) is 17.0. The van der Waals surface area contributed by atoms with Gasteiger partial charge in [0.25, 0.3) is 0 Å². The van der Waals surface area contributed by atoms with E-state index in [9.17, 15) is 119 Å². The van der Waals surface area contributed by atoms with E-state index >= 15 is 0 Å². The van der Waals surface area contributed by atoms with Crippen LogP contribution in [0.1, 0.15) is 0 Å². The molecule has 0 rings (SSSR count). The van der Waals surface area contributed by atoms with Crippen molar-refractivity contribution in [3.63, 3.8) is 0 Å². The molecule has 0 aliphatic heterocycles. The second-order valence-corrected chi connectivity index (χ2v) is 7.83. The van der Waals surface area contributed by atoms with Crippen LogP contribution >= 0.6 is 11.6 Å². The largest absolute Gasteiger partial charge is 0.460 e. The van der Waals surface area contributed by atoms with E-state index in [1.165, 1.54) is 0 Å². The van der Waals surface area contributed by atoms with Crippen molar-refractivity contribution < 1.29 is 119 Å². The van der Waals surface area contributed by atoms with Crippen molar-refractivity contribution >= 4 is 11.6 Å². The highest BCUT2D eigenvalue weighted by molar-refractivity contribution is 6.24. The normalized spacial score (nSPS) is 18.4. The summed E-state index contributed by atoms with van der Waals surface area (Å²) >= 11 is 3.13. The molecular weight excluding hydrogens is 705 g/mol. The first-order valence-corrected chi connectivity index (χ1v) is 8.67. The summed E-state index contributed by atoms with van der Waals surface area (Å²) in [6, 6.07) is 0. The van der Waals surface area contributed by atoms with Gasteiger partial charge in [0.1, 0.15) is 0 Å². The van der Waals surface area contributed by atoms with Crippen molar-refractivity contribution in [1.29, 1.82) is 0 Å². The Balaban J connectivity index is 7.41. The summed E-state index contributed by atoms with van der Waals surface area (Å²) in [5, 5.41) is -8.71. The van der Waals surface area contributed by atoms with E-state index in [1.807, 2.05) is 0 Å². The number of halogens is 28. The summed E-state index contributed by atoms with van der Waals surface area (Å²) in [5.41, 5.74) is 0. The van der Waals surface area contributed by atoms with E-state index < -0.39 is 76.7 Å². The monoisotopic (exact) mass is 704 g/mol. The third-order valence-electron chi connectivity index (χ3n) is 4.66. The van der Waals surface area contributed by atoms with Crippen LogP contribution in [0.4, 0.5) is 119 Å². The summed E-state index contributed by atoms with van der Waals surface area (Å²) in [7, 11) is 0. The average Bonchev–Trinajstić information content (AvgIpc) is 2.70. The second-order valence-electron chi connectivity index (χ2n) is 7.31. The number of hydrogen-bond acceptors (Lipinski definition) is 0. The molecule has 0 aromatic rings. The van der Waals surface area contributed by atoms with Crippen molar-refractivity contribution in [2.75, 3.05) is 0 Å². The fraction of sp³-hybridized carbons (Fsp3) is 1.00. The van der Waals surface area contributed by atoms with Crippen molar-refractivity contribution in [1.82, 2.24) is 0 Å². The lowest BCUT2D eigenvalue weighted by Gasteiger charge is -2.46. The number of alkyl halides is 28. The van der Waals surface area contributed by atoms with Gasteiger partial charge in [0.2, 0.25) is 0 Å². The molecule has 41 heavy (non-hydrogen) atoms. The highest BCUT2D eigenvalue weighted by Gasteiger charge is 2.99. The van der Waals surface area contributed by atoms with Crippen molar-refractivity contribution in [2.24, 2.45) is 0 Å². The zero-order valence-electron chi connectivity index (χ0n) is 17.1. The minimum absolute atomic E-state index is 3.13. The maximum absolute atomic E-state index is 13.8. The van der Waals surface area contributed by atoms with Gasteiger partial charge in [-0.05, 0) is 0 Å². The molecule has 0 amide bonds. The molecule has 0 aliphatic carbocycles. The van der Waals surface area contributed by atoms with Gasteiger partial charge in [-0.25, -0.2) is 4.39 Å². The SMILES string of the molecule is FC(F)(F)C(F)(F)C(F)(F)C(F)(F)C(F)(F)C(F)(F)C(F)(F)C(F)(F)C(F)(Cl)C(F)(F)C(F)(F)C(F)(F)C(F)(F)F. The molecule has 0 heterocycles. The highest BCUT2D eigenvalue weighted by atomic mass is 35.5. The summed E-state index contributed by atoms with van der Waals surface area (Å²) in [4.78, 5) is 0. The van der Waals surface area contributed by atoms with Crippen LogP contribution in [0, 0.1) is 0 Å². The third kappa shape index (κ3) is 4.49. The summed E-state index contributed by atoms with van der Waals surface area (Å²) < 4.78 is 350. The molecule has 0 fully saturated rings. The molecule has 0 radical (unpaired) electrons. The Hall–Kier alpha value is -1.60. The van der Waals surface area contributed by atoms with E-state index in [4.69, 9.17) is 0 Å². The first kappa shape index (κ1) is 39.4. The summed E-state index contributed by atoms with van der Waals surface area (Å²) in [6.07, 6.45) is -16.3. The molecule has 0 saturated heterocycles. The van der Waals surface area contributed by atoms with Gasteiger partial charge in [0.05, 0.1) is 0 Å². The van der Waals surface area contributed by atoms with Gasteiger partial charge in [-0.2, -0.15) is 114 Å². The molecule has 0 aliphatic rings. The highest BCUT2D eigenvalue weighted by Crippen LogP contribution is 2.68. The van der Waals surface area contributed by atoms with E-state index in [0.717, 1.165) is 0 Å². The van der Waals surface area contributed by atoms with Crippen molar-refractivity contribution in [3.8, 4) is 0 Å². The standard InChI is InChI=1S/C13ClF27/c14-1(15,3(18,19)5(22,23)10(32,33)12(36,37)38)2(16,17)4(20,21)6(24,25)7(26,27)8(28,29)9(30,31)11(34,35)13(39,40)41. The van der Waals surface area contributed by atoms with Gasteiger partial charge in [-0.1, -0.05) is 11.6 Å². The Morgan fingerprint density at radius 3 is 0.488 bits per heavy atom. The Morgan fingerprint density at radius 1 is 0.195 bits per heavy atom. The van der Waals surface area contributed by atoms with Gasteiger partial charge in [-0.3, -0.25) is 0 Å². The maximum Gasteiger partial charge on any atom is 0.460 e. The molecular formula is C13ClF27. The molecule has 0 aromatic heterocycles. The summed E-state index contributed by atoms with van der Waals surface area (Å²) in [5.74, 6) is -92.0. The molecule has 0 saturated carbocycles. The minimum atomic E-state index is -9.64. The molecule has 0 bridgehead atoms. The van der Waals surface area contributed by atoms with E-state index in [-0.39, 0.29) is 0 Å². The lowest BCUT2D eigenvalue weighted by Crippen LogP contribution is -2.78. The Labute approximate surface area is 208 Å². The van der Waals surface area contributed by atoms with Crippen LogP contribution in [0.5, 0.6) is 0 Å². The summed E-state index contributed by atoms with van der Waals surface area (Å²) in [6.45, 7) is 0. The van der Waals surface area contributed by atoms with Gasteiger partial charge in [0, 0.05) is 0 Å². The molecule has 0 aromatic carbocycles. The zero-order valence-corrected chi connectivity index (χ0v) is 17.8. The zero-order chi connectivity index (χ0) is 34.5. The van der Waals surface area contributed by atoms with Gasteiger partial charge in [0.15, 0.2) is 0 Å². The maximum atomic E-state index is 13.8.